The summed E-state index contributed by atoms with van der Waals surface area (Å²) in [6, 6.07) is 7.39. The van der Waals surface area contributed by atoms with Crippen LogP contribution in [0.5, 0.6) is 0 Å². The third-order valence-electron chi connectivity index (χ3n) is 2.59. The van der Waals surface area contributed by atoms with Crippen LogP contribution in [0, 0.1) is 5.82 Å². The highest BCUT2D eigenvalue weighted by atomic mass is 32.2. The third kappa shape index (κ3) is 4.99. The van der Waals surface area contributed by atoms with Crippen LogP contribution in [0.3, 0.4) is 0 Å². The van der Waals surface area contributed by atoms with Crippen molar-refractivity contribution >= 4 is 11.8 Å². The van der Waals surface area contributed by atoms with Crippen molar-refractivity contribution in [3.05, 3.63) is 30.1 Å². The molecule has 0 bridgehead atoms. The van der Waals surface area contributed by atoms with Crippen LogP contribution in [0.2, 0.25) is 0 Å². The number of halogens is 1. The minimum absolute atomic E-state index is 0.155. The number of thioether (sulfide) groups is 1. The largest absolute Gasteiger partial charge is 0.313 e. The summed E-state index contributed by atoms with van der Waals surface area (Å²) in [6.07, 6.45) is 2.34. The zero-order valence-corrected chi connectivity index (χ0v) is 10.8. The summed E-state index contributed by atoms with van der Waals surface area (Å²) in [6.45, 7) is 5.37. The highest BCUT2D eigenvalue weighted by Crippen LogP contribution is 2.17. The highest BCUT2D eigenvalue weighted by Gasteiger charge is 2.01. The van der Waals surface area contributed by atoms with E-state index in [1.54, 1.807) is 23.9 Å². The van der Waals surface area contributed by atoms with Crippen LogP contribution < -0.4 is 5.32 Å². The molecule has 3 heteroatoms. The molecule has 1 nitrogen and oxygen atoms in total. The predicted molar refractivity (Wildman–Crippen MR) is 69.5 cm³/mol. The topological polar surface area (TPSA) is 12.0 Å². The molecule has 0 heterocycles. The molecule has 0 fully saturated rings. The molecule has 1 aromatic carbocycles. The van der Waals surface area contributed by atoms with Gasteiger partial charge in [-0.3, -0.25) is 0 Å². The van der Waals surface area contributed by atoms with Gasteiger partial charge in [0.25, 0.3) is 0 Å². The smallest absolute Gasteiger partial charge is 0.124 e. The molecule has 0 atom stereocenters. The number of nitrogens with one attached hydrogen (secondary N) is 1. The van der Waals surface area contributed by atoms with Crippen molar-refractivity contribution in [1.82, 2.24) is 5.32 Å². The fourth-order valence-corrected chi connectivity index (χ4v) is 2.39. The van der Waals surface area contributed by atoms with Gasteiger partial charge in [0.05, 0.1) is 0 Å². The number of hydrogen-bond acceptors (Lipinski definition) is 2. The van der Waals surface area contributed by atoms with Gasteiger partial charge in [-0.25, -0.2) is 4.39 Å². The van der Waals surface area contributed by atoms with E-state index in [2.05, 4.69) is 19.2 Å². The van der Waals surface area contributed by atoms with E-state index >= 15 is 0 Å². The Kier molecular flexibility index (Phi) is 6.50. The van der Waals surface area contributed by atoms with E-state index < -0.39 is 0 Å². The zero-order chi connectivity index (χ0) is 11.8. The van der Waals surface area contributed by atoms with Gasteiger partial charge in [0.1, 0.15) is 5.82 Å². The second-order valence-electron chi connectivity index (χ2n) is 3.77. The SMILES string of the molecule is CCC(CC)NCCSc1cccc(F)c1. The molecule has 1 aromatic rings. The molecule has 0 aromatic heterocycles. The van der Waals surface area contributed by atoms with Gasteiger partial charge in [0, 0.05) is 23.2 Å². The Morgan fingerprint density at radius 2 is 2.06 bits per heavy atom. The summed E-state index contributed by atoms with van der Waals surface area (Å²) in [7, 11) is 0. The van der Waals surface area contributed by atoms with Crippen molar-refractivity contribution in [2.24, 2.45) is 0 Å². The molecule has 0 saturated heterocycles. The molecule has 16 heavy (non-hydrogen) atoms. The van der Waals surface area contributed by atoms with Gasteiger partial charge >= 0.3 is 0 Å². The van der Waals surface area contributed by atoms with E-state index in [1.165, 1.54) is 18.9 Å². The number of benzene rings is 1. The number of hydrogen-bond donors (Lipinski definition) is 1. The quantitative estimate of drug-likeness (QED) is 0.577. The first-order valence-electron chi connectivity index (χ1n) is 5.88. The minimum atomic E-state index is -0.155. The lowest BCUT2D eigenvalue weighted by Gasteiger charge is -2.14. The Bertz CT molecular complexity index is 300. The first-order valence-corrected chi connectivity index (χ1v) is 6.86. The fraction of sp³-hybridized carbons (Fsp3) is 0.538. The van der Waals surface area contributed by atoms with Crippen LogP contribution in [0.1, 0.15) is 26.7 Å². The molecule has 0 spiro atoms. The van der Waals surface area contributed by atoms with Gasteiger partial charge in [-0.05, 0) is 31.0 Å². The second-order valence-corrected chi connectivity index (χ2v) is 4.94. The van der Waals surface area contributed by atoms with E-state index in [0.717, 1.165) is 17.2 Å². The lowest BCUT2D eigenvalue weighted by Crippen LogP contribution is -2.29. The summed E-state index contributed by atoms with van der Waals surface area (Å²) >= 11 is 1.70. The monoisotopic (exact) mass is 241 g/mol. The molecule has 90 valence electrons. The first-order chi connectivity index (χ1) is 7.76. The Morgan fingerprint density at radius 3 is 2.69 bits per heavy atom. The van der Waals surface area contributed by atoms with Crippen molar-refractivity contribution in [3.8, 4) is 0 Å². The van der Waals surface area contributed by atoms with Crippen molar-refractivity contribution in [3.63, 3.8) is 0 Å². The molecular weight excluding hydrogens is 221 g/mol. The van der Waals surface area contributed by atoms with Crippen LogP contribution in [0.15, 0.2) is 29.2 Å². The Labute approximate surface area is 102 Å². The molecule has 0 aliphatic rings. The minimum Gasteiger partial charge on any atom is -0.313 e. The standard InChI is InChI=1S/C13H20FNS/c1-3-12(4-2)15-8-9-16-13-7-5-6-11(14)10-13/h5-7,10,12,15H,3-4,8-9H2,1-2H3. The molecule has 0 aliphatic carbocycles. The first kappa shape index (κ1) is 13.5. The summed E-state index contributed by atoms with van der Waals surface area (Å²) in [5.74, 6) is 0.831. The van der Waals surface area contributed by atoms with Crippen molar-refractivity contribution in [1.29, 1.82) is 0 Å². The second kappa shape index (κ2) is 7.69. The summed E-state index contributed by atoms with van der Waals surface area (Å²) < 4.78 is 12.9. The maximum atomic E-state index is 12.9. The van der Waals surface area contributed by atoms with E-state index in [9.17, 15) is 4.39 Å². The fourth-order valence-electron chi connectivity index (χ4n) is 1.57. The molecule has 0 unspecified atom stereocenters. The van der Waals surface area contributed by atoms with E-state index in [4.69, 9.17) is 0 Å². The average Bonchev–Trinajstić information content (AvgIpc) is 2.29. The van der Waals surface area contributed by atoms with Gasteiger partial charge < -0.3 is 5.32 Å². The molecule has 0 aliphatic heterocycles. The molecule has 1 N–H and O–H groups in total. The van der Waals surface area contributed by atoms with E-state index in [1.807, 2.05) is 6.07 Å². The summed E-state index contributed by atoms with van der Waals surface area (Å²) in [5.41, 5.74) is 0. The molecular formula is C13H20FNS. The van der Waals surface area contributed by atoms with Crippen LogP contribution >= 0.6 is 11.8 Å². The van der Waals surface area contributed by atoms with E-state index in [-0.39, 0.29) is 5.82 Å². The maximum absolute atomic E-state index is 12.9. The molecule has 0 saturated carbocycles. The van der Waals surface area contributed by atoms with Crippen LogP contribution in [-0.2, 0) is 0 Å². The zero-order valence-electron chi connectivity index (χ0n) is 10.0. The van der Waals surface area contributed by atoms with Crippen molar-refractivity contribution < 1.29 is 4.39 Å². The van der Waals surface area contributed by atoms with Gasteiger partial charge in [-0.15, -0.1) is 11.8 Å². The van der Waals surface area contributed by atoms with E-state index in [0.29, 0.717) is 6.04 Å². The molecule has 0 amide bonds. The molecule has 1 rings (SSSR count). The lowest BCUT2D eigenvalue weighted by molar-refractivity contribution is 0.501. The van der Waals surface area contributed by atoms with Gasteiger partial charge in [0.15, 0.2) is 0 Å². The average molecular weight is 241 g/mol. The predicted octanol–water partition coefficient (Wildman–Crippen LogP) is 3.70. The van der Waals surface area contributed by atoms with Gasteiger partial charge in [-0.1, -0.05) is 19.9 Å². The number of rotatable bonds is 7. The highest BCUT2D eigenvalue weighted by molar-refractivity contribution is 7.99. The summed E-state index contributed by atoms with van der Waals surface area (Å²) in [4.78, 5) is 1.01. The van der Waals surface area contributed by atoms with Crippen LogP contribution in [-0.4, -0.2) is 18.3 Å². The van der Waals surface area contributed by atoms with Gasteiger partial charge in [0.2, 0.25) is 0 Å². The lowest BCUT2D eigenvalue weighted by atomic mass is 10.2. The maximum Gasteiger partial charge on any atom is 0.124 e. The Morgan fingerprint density at radius 1 is 1.31 bits per heavy atom. The Hall–Kier alpha value is -0.540. The third-order valence-corrected chi connectivity index (χ3v) is 3.58. The van der Waals surface area contributed by atoms with Gasteiger partial charge in [-0.2, -0.15) is 0 Å². The van der Waals surface area contributed by atoms with Crippen molar-refractivity contribution in [2.75, 3.05) is 12.3 Å². The molecule has 0 radical (unpaired) electrons. The summed E-state index contributed by atoms with van der Waals surface area (Å²) in [5, 5.41) is 3.49. The Balaban J connectivity index is 2.20. The van der Waals surface area contributed by atoms with Crippen LogP contribution in [0.4, 0.5) is 4.39 Å². The van der Waals surface area contributed by atoms with Crippen LogP contribution in [0.25, 0.3) is 0 Å². The normalized spacial score (nSPS) is 11.0. The van der Waals surface area contributed by atoms with Crippen molar-refractivity contribution in [2.45, 2.75) is 37.6 Å².